The number of nitrogens with one attached hydrogen (secondary N) is 1. The first-order valence-electron chi connectivity index (χ1n) is 6.36. The van der Waals surface area contributed by atoms with Crippen LogP contribution in [0.25, 0.3) is 0 Å². The fourth-order valence-electron chi connectivity index (χ4n) is 2.05. The molecule has 0 unspecified atom stereocenters. The summed E-state index contributed by atoms with van der Waals surface area (Å²) < 4.78 is 1.18. The Morgan fingerprint density at radius 1 is 1.35 bits per heavy atom. The van der Waals surface area contributed by atoms with E-state index in [-0.39, 0.29) is 0 Å². The van der Waals surface area contributed by atoms with Crippen LogP contribution < -0.4 is 5.32 Å². The third kappa shape index (κ3) is 2.89. The van der Waals surface area contributed by atoms with E-state index in [0.717, 1.165) is 18.1 Å². The Bertz CT molecular complexity index is 400. The van der Waals surface area contributed by atoms with E-state index >= 15 is 0 Å². The van der Waals surface area contributed by atoms with Crippen LogP contribution in [0.5, 0.6) is 0 Å². The zero-order valence-electron chi connectivity index (χ0n) is 10.8. The second-order valence-corrected chi connectivity index (χ2v) is 6.25. The number of hydrogen-bond acceptors (Lipinski definition) is 3. The van der Waals surface area contributed by atoms with Crippen LogP contribution in [0.1, 0.15) is 50.5 Å². The van der Waals surface area contributed by atoms with Crippen molar-refractivity contribution in [1.29, 1.82) is 0 Å². The summed E-state index contributed by atoms with van der Waals surface area (Å²) in [4.78, 5) is 9.44. The normalized spacial score (nSPS) is 16.1. The highest BCUT2D eigenvalue weighted by molar-refractivity contribution is 14.1. The minimum Gasteiger partial charge on any atom is -0.372 e. The van der Waals surface area contributed by atoms with Gasteiger partial charge in [-0.25, -0.2) is 9.97 Å². The van der Waals surface area contributed by atoms with Gasteiger partial charge in [-0.3, -0.25) is 0 Å². The zero-order chi connectivity index (χ0) is 12.4. The topological polar surface area (TPSA) is 37.8 Å². The van der Waals surface area contributed by atoms with Crippen LogP contribution in [0.3, 0.4) is 0 Å². The Morgan fingerprint density at radius 2 is 2.06 bits per heavy atom. The molecule has 0 radical (unpaired) electrons. The Morgan fingerprint density at radius 3 is 2.53 bits per heavy atom. The number of nitrogens with zero attached hydrogens (tertiary/aromatic N) is 2. The lowest BCUT2D eigenvalue weighted by Crippen LogP contribution is -2.16. The molecule has 2 rings (SSSR count). The SMILES string of the molecule is CNc1nc(C2CCC2)nc(CC(C)C)c1I. The number of aromatic nitrogens is 2. The van der Waals surface area contributed by atoms with E-state index in [1.165, 1.54) is 28.5 Å². The first-order valence-corrected chi connectivity index (χ1v) is 7.43. The van der Waals surface area contributed by atoms with Crippen LogP contribution in [0.4, 0.5) is 5.82 Å². The maximum absolute atomic E-state index is 4.78. The van der Waals surface area contributed by atoms with Gasteiger partial charge in [0.15, 0.2) is 0 Å². The van der Waals surface area contributed by atoms with Gasteiger partial charge < -0.3 is 5.32 Å². The quantitative estimate of drug-likeness (QED) is 0.848. The van der Waals surface area contributed by atoms with Crippen molar-refractivity contribution in [1.82, 2.24) is 9.97 Å². The van der Waals surface area contributed by atoms with Crippen molar-refractivity contribution in [2.75, 3.05) is 12.4 Å². The average molecular weight is 345 g/mol. The van der Waals surface area contributed by atoms with Gasteiger partial charge in [-0.2, -0.15) is 0 Å². The van der Waals surface area contributed by atoms with Gasteiger partial charge in [-0.15, -0.1) is 0 Å². The standard InChI is InChI=1S/C13H20IN3/c1-8(2)7-10-11(14)13(15-3)17-12(16-10)9-5-4-6-9/h8-9H,4-7H2,1-3H3,(H,15,16,17). The molecule has 1 heterocycles. The average Bonchev–Trinajstić information content (AvgIpc) is 2.19. The Hall–Kier alpha value is -0.390. The van der Waals surface area contributed by atoms with Gasteiger partial charge >= 0.3 is 0 Å². The third-order valence-corrected chi connectivity index (χ3v) is 4.38. The monoisotopic (exact) mass is 345 g/mol. The van der Waals surface area contributed by atoms with Crippen molar-refractivity contribution in [3.05, 3.63) is 15.1 Å². The van der Waals surface area contributed by atoms with E-state index in [1.54, 1.807) is 0 Å². The summed E-state index contributed by atoms with van der Waals surface area (Å²) in [5.41, 5.74) is 1.21. The van der Waals surface area contributed by atoms with Gasteiger partial charge in [0.2, 0.25) is 0 Å². The molecule has 1 fully saturated rings. The van der Waals surface area contributed by atoms with Crippen molar-refractivity contribution < 1.29 is 0 Å². The Kier molecular flexibility index (Phi) is 4.22. The van der Waals surface area contributed by atoms with Crippen LogP contribution in [-0.4, -0.2) is 17.0 Å². The summed E-state index contributed by atoms with van der Waals surface area (Å²) in [7, 11) is 1.94. The summed E-state index contributed by atoms with van der Waals surface area (Å²) in [6, 6.07) is 0. The predicted octanol–water partition coefficient (Wildman–Crippen LogP) is 3.59. The summed E-state index contributed by atoms with van der Waals surface area (Å²) >= 11 is 2.36. The lowest BCUT2D eigenvalue weighted by molar-refractivity contribution is 0.400. The number of halogens is 1. The van der Waals surface area contributed by atoms with Gasteiger partial charge in [-0.05, 0) is 47.8 Å². The van der Waals surface area contributed by atoms with Crippen LogP contribution in [-0.2, 0) is 6.42 Å². The zero-order valence-corrected chi connectivity index (χ0v) is 12.9. The first kappa shape index (κ1) is 13.1. The number of rotatable bonds is 4. The molecule has 0 spiro atoms. The molecule has 0 amide bonds. The van der Waals surface area contributed by atoms with Gasteiger partial charge in [0.25, 0.3) is 0 Å². The van der Waals surface area contributed by atoms with Crippen molar-refractivity contribution in [2.45, 2.75) is 45.4 Å². The van der Waals surface area contributed by atoms with Crippen molar-refractivity contribution in [2.24, 2.45) is 5.92 Å². The van der Waals surface area contributed by atoms with Gasteiger partial charge in [-0.1, -0.05) is 20.3 Å². The smallest absolute Gasteiger partial charge is 0.143 e. The van der Waals surface area contributed by atoms with Gasteiger partial charge in [0, 0.05) is 13.0 Å². The van der Waals surface area contributed by atoms with Crippen LogP contribution in [0.2, 0.25) is 0 Å². The fourth-order valence-corrected chi connectivity index (χ4v) is 2.78. The highest BCUT2D eigenvalue weighted by atomic mass is 127. The summed E-state index contributed by atoms with van der Waals surface area (Å²) in [6.07, 6.45) is 4.87. The summed E-state index contributed by atoms with van der Waals surface area (Å²) in [5, 5.41) is 3.19. The molecule has 3 nitrogen and oxygen atoms in total. The second kappa shape index (κ2) is 5.50. The molecular weight excluding hydrogens is 325 g/mol. The molecule has 0 saturated heterocycles. The molecule has 4 heteroatoms. The molecule has 94 valence electrons. The molecule has 0 aromatic carbocycles. The minimum absolute atomic E-state index is 0.602. The van der Waals surface area contributed by atoms with E-state index in [0.29, 0.717) is 11.8 Å². The molecule has 1 aliphatic rings. The third-order valence-electron chi connectivity index (χ3n) is 3.25. The summed E-state index contributed by atoms with van der Waals surface area (Å²) in [5.74, 6) is 3.29. The molecule has 17 heavy (non-hydrogen) atoms. The van der Waals surface area contributed by atoms with E-state index in [4.69, 9.17) is 4.98 Å². The number of hydrogen-bond donors (Lipinski definition) is 1. The molecule has 0 bridgehead atoms. The summed E-state index contributed by atoms with van der Waals surface area (Å²) in [6.45, 7) is 4.47. The molecule has 1 aliphatic carbocycles. The fraction of sp³-hybridized carbons (Fsp3) is 0.692. The van der Waals surface area contributed by atoms with E-state index < -0.39 is 0 Å². The first-order chi connectivity index (χ1) is 8.11. The van der Waals surface area contributed by atoms with Crippen molar-refractivity contribution in [3.8, 4) is 0 Å². The molecule has 0 aliphatic heterocycles. The maximum Gasteiger partial charge on any atom is 0.143 e. The number of anilines is 1. The largest absolute Gasteiger partial charge is 0.372 e. The molecule has 0 atom stereocenters. The van der Waals surface area contributed by atoms with Crippen LogP contribution in [0.15, 0.2) is 0 Å². The van der Waals surface area contributed by atoms with E-state index in [1.807, 2.05) is 7.05 Å². The Labute approximate surface area is 117 Å². The highest BCUT2D eigenvalue weighted by Gasteiger charge is 2.24. The van der Waals surface area contributed by atoms with Crippen molar-refractivity contribution >= 4 is 28.4 Å². The van der Waals surface area contributed by atoms with Crippen molar-refractivity contribution in [3.63, 3.8) is 0 Å². The predicted molar refractivity (Wildman–Crippen MR) is 79.4 cm³/mol. The molecule has 1 aromatic heterocycles. The lowest BCUT2D eigenvalue weighted by atomic mass is 9.85. The molecule has 1 aromatic rings. The van der Waals surface area contributed by atoms with E-state index in [9.17, 15) is 0 Å². The lowest BCUT2D eigenvalue weighted by Gasteiger charge is -2.25. The molecule has 1 N–H and O–H groups in total. The van der Waals surface area contributed by atoms with Crippen LogP contribution >= 0.6 is 22.6 Å². The van der Waals surface area contributed by atoms with E-state index in [2.05, 4.69) is 46.7 Å². The highest BCUT2D eigenvalue weighted by Crippen LogP contribution is 2.36. The van der Waals surface area contributed by atoms with Gasteiger partial charge in [0.1, 0.15) is 11.6 Å². The molecule has 1 saturated carbocycles. The van der Waals surface area contributed by atoms with Gasteiger partial charge in [0.05, 0.1) is 9.26 Å². The second-order valence-electron chi connectivity index (χ2n) is 5.17. The minimum atomic E-state index is 0.602. The van der Waals surface area contributed by atoms with Crippen LogP contribution in [0, 0.1) is 9.49 Å². The maximum atomic E-state index is 4.78. The Balaban J connectivity index is 2.34. The molecular formula is C13H20IN3.